The molecule has 0 aromatic rings. The first-order valence-electron chi connectivity index (χ1n) is 9.47. The van der Waals surface area contributed by atoms with E-state index in [1.165, 1.54) is 70.8 Å². The lowest BCUT2D eigenvalue weighted by Crippen LogP contribution is -2.57. The minimum absolute atomic E-state index is 0.567. The topological polar surface area (TPSA) is 24.5 Å². The van der Waals surface area contributed by atoms with E-state index in [1.807, 2.05) is 0 Å². The smallest absolute Gasteiger partial charge is 0.0597 e. The van der Waals surface area contributed by atoms with Gasteiger partial charge in [0, 0.05) is 24.7 Å². The molecule has 1 aliphatic carbocycles. The molecule has 0 aromatic carbocycles. The first-order valence-corrected chi connectivity index (χ1v) is 9.47. The van der Waals surface area contributed by atoms with Crippen LogP contribution >= 0.6 is 0 Å². The van der Waals surface area contributed by atoms with Crippen molar-refractivity contribution in [2.24, 2.45) is 0 Å². The van der Waals surface area contributed by atoms with Gasteiger partial charge in [0.1, 0.15) is 0 Å². The molecule has 122 valence electrons. The first-order chi connectivity index (χ1) is 10.4. The highest BCUT2D eigenvalue weighted by atomic mass is 16.5. The van der Waals surface area contributed by atoms with Crippen molar-refractivity contribution in [2.45, 2.75) is 95.4 Å². The van der Waals surface area contributed by atoms with Crippen LogP contribution in [0.1, 0.15) is 71.1 Å². The number of ether oxygens (including phenoxy) is 1. The molecule has 3 nitrogen and oxygen atoms in total. The second-order valence-corrected chi connectivity index (χ2v) is 7.33. The highest BCUT2D eigenvalue weighted by Gasteiger charge is 2.37. The van der Waals surface area contributed by atoms with Gasteiger partial charge < -0.3 is 10.1 Å². The van der Waals surface area contributed by atoms with Gasteiger partial charge in [-0.25, -0.2) is 0 Å². The third kappa shape index (κ3) is 4.20. The molecule has 3 fully saturated rings. The standard InChI is InChI=1S/C18H34N2O/c1-2-19-15-13-16-7-6-8-17(14-15)20(16)11-12-21-18-9-4-3-5-10-18/h15-19H,2-14H2,1H3. The predicted molar refractivity (Wildman–Crippen MR) is 87.7 cm³/mol. The van der Waals surface area contributed by atoms with Gasteiger partial charge >= 0.3 is 0 Å². The van der Waals surface area contributed by atoms with Gasteiger partial charge in [0.15, 0.2) is 0 Å². The molecule has 2 unspecified atom stereocenters. The second-order valence-electron chi connectivity index (χ2n) is 7.33. The predicted octanol–water partition coefficient (Wildman–Crippen LogP) is 3.33. The van der Waals surface area contributed by atoms with Gasteiger partial charge in [0.25, 0.3) is 0 Å². The third-order valence-corrected chi connectivity index (χ3v) is 5.87. The summed E-state index contributed by atoms with van der Waals surface area (Å²) in [6, 6.07) is 2.40. The van der Waals surface area contributed by atoms with Crippen LogP contribution in [0.25, 0.3) is 0 Å². The summed E-state index contributed by atoms with van der Waals surface area (Å²) in [5, 5.41) is 3.68. The maximum atomic E-state index is 6.17. The first kappa shape index (κ1) is 15.8. The number of fused-ring (bicyclic) bond motifs is 2. The van der Waals surface area contributed by atoms with Crippen molar-refractivity contribution < 1.29 is 4.74 Å². The molecule has 2 aliphatic heterocycles. The Hall–Kier alpha value is -0.120. The van der Waals surface area contributed by atoms with Gasteiger partial charge in [-0.05, 0) is 45.1 Å². The number of piperidine rings is 2. The van der Waals surface area contributed by atoms with Gasteiger partial charge in [-0.15, -0.1) is 0 Å². The van der Waals surface area contributed by atoms with E-state index in [-0.39, 0.29) is 0 Å². The summed E-state index contributed by atoms with van der Waals surface area (Å²) in [7, 11) is 0. The Labute approximate surface area is 130 Å². The van der Waals surface area contributed by atoms with E-state index >= 15 is 0 Å². The number of hydrogen-bond donors (Lipinski definition) is 1. The SMILES string of the molecule is CCNC1CC2CCCC(C1)N2CCOC1CCCCC1. The van der Waals surface area contributed by atoms with Crippen LogP contribution in [0.2, 0.25) is 0 Å². The zero-order chi connectivity index (χ0) is 14.5. The largest absolute Gasteiger partial charge is 0.377 e. The van der Waals surface area contributed by atoms with Crippen LogP contribution in [0.4, 0.5) is 0 Å². The van der Waals surface area contributed by atoms with Crippen molar-refractivity contribution in [1.29, 1.82) is 0 Å². The lowest BCUT2D eigenvalue weighted by atomic mass is 9.82. The van der Waals surface area contributed by atoms with Gasteiger partial charge in [0.2, 0.25) is 0 Å². The molecule has 1 saturated carbocycles. The van der Waals surface area contributed by atoms with Gasteiger partial charge in [0.05, 0.1) is 12.7 Å². The van der Waals surface area contributed by atoms with Crippen LogP contribution in [-0.4, -0.2) is 48.8 Å². The molecule has 0 amide bonds. The van der Waals surface area contributed by atoms with Crippen LogP contribution < -0.4 is 5.32 Å². The maximum Gasteiger partial charge on any atom is 0.0597 e. The molecular weight excluding hydrogens is 260 g/mol. The van der Waals surface area contributed by atoms with E-state index < -0.39 is 0 Å². The summed E-state index contributed by atoms with van der Waals surface area (Å²) in [5.41, 5.74) is 0. The fourth-order valence-electron chi connectivity index (χ4n) is 4.86. The van der Waals surface area contributed by atoms with Crippen LogP contribution in [0, 0.1) is 0 Å². The molecule has 3 aliphatic rings. The Morgan fingerprint density at radius 1 is 0.952 bits per heavy atom. The zero-order valence-electron chi connectivity index (χ0n) is 13.9. The molecule has 2 bridgehead atoms. The number of rotatable bonds is 6. The molecule has 3 heteroatoms. The van der Waals surface area contributed by atoms with E-state index in [0.717, 1.165) is 31.3 Å². The molecular formula is C18H34N2O. The quantitative estimate of drug-likeness (QED) is 0.813. The second kappa shape index (κ2) is 7.94. The van der Waals surface area contributed by atoms with Crippen molar-refractivity contribution in [2.75, 3.05) is 19.7 Å². The molecule has 2 heterocycles. The highest BCUT2D eigenvalue weighted by molar-refractivity contribution is 4.94. The van der Waals surface area contributed by atoms with Crippen LogP contribution in [0.5, 0.6) is 0 Å². The average molecular weight is 294 g/mol. The van der Waals surface area contributed by atoms with Crippen molar-refractivity contribution >= 4 is 0 Å². The normalized spacial score (nSPS) is 35.0. The Balaban J connectivity index is 1.44. The van der Waals surface area contributed by atoms with Crippen molar-refractivity contribution in [1.82, 2.24) is 10.2 Å². The Bertz CT molecular complexity index is 290. The molecule has 21 heavy (non-hydrogen) atoms. The molecule has 3 rings (SSSR count). The summed E-state index contributed by atoms with van der Waals surface area (Å²) in [4.78, 5) is 2.79. The third-order valence-electron chi connectivity index (χ3n) is 5.87. The Kier molecular flexibility index (Phi) is 5.96. The fourth-order valence-corrected chi connectivity index (χ4v) is 4.86. The van der Waals surface area contributed by atoms with Crippen LogP contribution in [-0.2, 0) is 4.74 Å². The fraction of sp³-hybridized carbons (Fsp3) is 1.00. The van der Waals surface area contributed by atoms with E-state index in [1.54, 1.807) is 0 Å². The monoisotopic (exact) mass is 294 g/mol. The molecule has 0 aromatic heterocycles. The summed E-state index contributed by atoms with van der Waals surface area (Å²) in [6.45, 7) is 5.49. The van der Waals surface area contributed by atoms with Gasteiger partial charge in [-0.3, -0.25) is 4.90 Å². The van der Waals surface area contributed by atoms with Crippen molar-refractivity contribution in [3.8, 4) is 0 Å². The van der Waals surface area contributed by atoms with E-state index in [9.17, 15) is 0 Å². The molecule has 0 spiro atoms. The summed E-state index contributed by atoms with van der Waals surface area (Å²) in [5.74, 6) is 0. The van der Waals surface area contributed by atoms with Crippen molar-refractivity contribution in [3.63, 3.8) is 0 Å². The lowest BCUT2D eigenvalue weighted by molar-refractivity contribution is -0.0267. The summed E-state index contributed by atoms with van der Waals surface area (Å²) in [6.07, 6.45) is 14.3. The number of hydrogen-bond acceptors (Lipinski definition) is 3. The van der Waals surface area contributed by atoms with Gasteiger partial charge in [-0.1, -0.05) is 32.6 Å². The van der Waals surface area contributed by atoms with E-state index in [0.29, 0.717) is 6.10 Å². The number of nitrogens with one attached hydrogen (secondary N) is 1. The van der Waals surface area contributed by atoms with Gasteiger partial charge in [-0.2, -0.15) is 0 Å². The minimum atomic E-state index is 0.567. The Morgan fingerprint density at radius 3 is 2.33 bits per heavy atom. The minimum Gasteiger partial charge on any atom is -0.377 e. The average Bonchev–Trinajstić information content (AvgIpc) is 2.49. The maximum absolute atomic E-state index is 6.17. The molecule has 2 saturated heterocycles. The summed E-state index contributed by atoms with van der Waals surface area (Å²) >= 11 is 0. The highest BCUT2D eigenvalue weighted by Crippen LogP contribution is 2.33. The summed E-state index contributed by atoms with van der Waals surface area (Å²) < 4.78 is 6.17. The molecule has 2 atom stereocenters. The zero-order valence-corrected chi connectivity index (χ0v) is 13.9. The van der Waals surface area contributed by atoms with Crippen molar-refractivity contribution in [3.05, 3.63) is 0 Å². The molecule has 0 radical (unpaired) electrons. The van der Waals surface area contributed by atoms with E-state index in [2.05, 4.69) is 17.1 Å². The van der Waals surface area contributed by atoms with E-state index in [4.69, 9.17) is 4.74 Å². The molecule has 1 N–H and O–H groups in total. The number of nitrogens with zero attached hydrogens (tertiary/aromatic N) is 1. The van der Waals surface area contributed by atoms with Crippen LogP contribution in [0.15, 0.2) is 0 Å². The Morgan fingerprint density at radius 2 is 1.67 bits per heavy atom. The lowest BCUT2D eigenvalue weighted by Gasteiger charge is -2.49. The van der Waals surface area contributed by atoms with Crippen LogP contribution in [0.3, 0.4) is 0 Å².